The Labute approximate surface area is 159 Å². The van der Waals surface area contributed by atoms with Gasteiger partial charge in [-0.15, -0.1) is 0 Å². The smallest absolute Gasteiger partial charge is 0.386 e. The number of quaternary nitrogens is 1. The first-order valence-corrected chi connectivity index (χ1v) is 10.4. The van der Waals surface area contributed by atoms with Gasteiger partial charge in [-0.2, -0.15) is 0 Å². The molecule has 4 aliphatic heterocycles. The third-order valence-corrected chi connectivity index (χ3v) is 7.45. The number of hydrogen-bond donors (Lipinski definition) is 1. The molecule has 3 saturated heterocycles. The zero-order valence-corrected chi connectivity index (χ0v) is 16.0. The van der Waals surface area contributed by atoms with E-state index in [1.54, 1.807) is 11.3 Å². The molecule has 4 aliphatic rings. The molecule has 0 amide bonds. The number of ether oxygens (including phenoxy) is 1. The number of aromatic nitrogens is 1. The van der Waals surface area contributed by atoms with E-state index in [1.807, 2.05) is 12.3 Å². The number of piperidine rings is 3. The van der Waals surface area contributed by atoms with Gasteiger partial charge in [-0.3, -0.25) is 5.32 Å². The van der Waals surface area contributed by atoms with Gasteiger partial charge >= 0.3 is 7.41 Å². The van der Waals surface area contributed by atoms with Crippen molar-refractivity contribution in [3.05, 3.63) is 36.5 Å². The van der Waals surface area contributed by atoms with Gasteiger partial charge in [-0.05, 0) is 12.4 Å². The van der Waals surface area contributed by atoms with Crippen LogP contribution in [0.5, 0.6) is 0 Å². The maximum absolute atomic E-state index is 6.46. The third kappa shape index (κ3) is 2.65. The van der Waals surface area contributed by atoms with Crippen LogP contribution in [0.2, 0.25) is 6.82 Å². The first kappa shape index (κ1) is 16.3. The number of anilines is 1. The quantitative estimate of drug-likeness (QED) is 0.849. The molecule has 0 saturated carbocycles. The van der Waals surface area contributed by atoms with Crippen LogP contribution in [0.3, 0.4) is 0 Å². The van der Waals surface area contributed by atoms with Crippen molar-refractivity contribution in [3.8, 4) is 10.4 Å². The number of amidine groups is 1. The van der Waals surface area contributed by atoms with Crippen LogP contribution in [0.4, 0.5) is 5.13 Å². The Morgan fingerprint density at radius 1 is 1.27 bits per heavy atom. The van der Waals surface area contributed by atoms with Gasteiger partial charge in [0.2, 0.25) is 0 Å². The molecule has 134 valence electrons. The highest BCUT2D eigenvalue weighted by Gasteiger charge is 2.58. The van der Waals surface area contributed by atoms with Crippen LogP contribution in [0.1, 0.15) is 12.8 Å². The van der Waals surface area contributed by atoms with E-state index in [0.717, 1.165) is 23.1 Å². The molecule has 1 unspecified atom stereocenters. The summed E-state index contributed by atoms with van der Waals surface area (Å²) >= 11 is 1.64. The first-order chi connectivity index (χ1) is 12.7. The summed E-state index contributed by atoms with van der Waals surface area (Å²) in [7, 11) is 1.20. The van der Waals surface area contributed by atoms with Crippen molar-refractivity contribution < 1.29 is 9.13 Å². The lowest BCUT2D eigenvalue weighted by molar-refractivity contribution is -0.850. The minimum atomic E-state index is -0.0889. The van der Waals surface area contributed by atoms with Gasteiger partial charge in [-0.25, -0.2) is 9.98 Å². The van der Waals surface area contributed by atoms with Crippen LogP contribution in [0.25, 0.3) is 10.4 Å². The molecule has 1 atom stereocenters. The first-order valence-electron chi connectivity index (χ1n) is 9.57. The van der Waals surface area contributed by atoms with Crippen LogP contribution in [-0.4, -0.2) is 54.6 Å². The maximum Gasteiger partial charge on any atom is 0.386 e. The van der Waals surface area contributed by atoms with Crippen molar-refractivity contribution in [2.75, 3.05) is 31.5 Å². The highest BCUT2D eigenvalue weighted by molar-refractivity contribution is 7.19. The lowest BCUT2D eigenvalue weighted by Crippen LogP contribution is -2.71. The lowest BCUT2D eigenvalue weighted by Gasteiger charge is -2.56. The Balaban J connectivity index is 1.29. The van der Waals surface area contributed by atoms with Gasteiger partial charge < -0.3 is 9.13 Å². The van der Waals surface area contributed by atoms with E-state index in [4.69, 9.17) is 9.73 Å². The fourth-order valence-corrected chi connectivity index (χ4v) is 5.72. The number of rotatable bonds is 3. The van der Waals surface area contributed by atoms with Crippen LogP contribution in [0, 0.1) is 5.92 Å². The molecule has 26 heavy (non-hydrogen) atoms. The number of thiazole rings is 1. The average molecular weight is 367 g/mol. The van der Waals surface area contributed by atoms with E-state index in [0.29, 0.717) is 11.9 Å². The molecule has 6 rings (SSSR count). The molecule has 0 aliphatic carbocycles. The highest BCUT2D eigenvalue weighted by atomic mass is 32.1. The molecule has 0 radical (unpaired) electrons. The summed E-state index contributed by atoms with van der Waals surface area (Å²) in [5, 5.41) is 4.17. The van der Waals surface area contributed by atoms with Crippen LogP contribution >= 0.6 is 11.3 Å². The van der Waals surface area contributed by atoms with Crippen molar-refractivity contribution in [1.82, 2.24) is 4.98 Å². The van der Waals surface area contributed by atoms with Crippen molar-refractivity contribution >= 4 is 29.9 Å². The molecule has 2 bridgehead atoms. The van der Waals surface area contributed by atoms with Gasteiger partial charge in [0.05, 0.1) is 24.5 Å². The molecule has 5 heterocycles. The predicted molar refractivity (Wildman–Crippen MR) is 108 cm³/mol. The van der Waals surface area contributed by atoms with Gasteiger partial charge in [0.25, 0.3) is 6.02 Å². The normalized spacial score (nSPS) is 32.3. The fraction of sp³-hybridized carbons (Fsp3) is 0.474. The number of fused-ring (bicyclic) bond motifs is 2. The Morgan fingerprint density at radius 3 is 2.85 bits per heavy atom. The van der Waals surface area contributed by atoms with Crippen LogP contribution in [0.15, 0.2) is 41.5 Å². The molecule has 1 N–H and O–H groups in total. The second-order valence-electron chi connectivity index (χ2n) is 7.85. The molecule has 3 fully saturated rings. The van der Waals surface area contributed by atoms with Crippen molar-refractivity contribution in [3.63, 3.8) is 0 Å². The molecule has 5 nitrogen and oxygen atoms in total. The third-order valence-electron chi connectivity index (χ3n) is 6.49. The molecule has 1 aromatic heterocycles. The predicted octanol–water partition coefficient (Wildman–Crippen LogP) is 2.99. The van der Waals surface area contributed by atoms with E-state index >= 15 is 0 Å². The second kappa shape index (κ2) is 6.10. The topological polar surface area (TPSA) is 46.5 Å². The Hall–Kier alpha value is -1.86. The van der Waals surface area contributed by atoms with E-state index in [1.165, 1.54) is 43.3 Å². The van der Waals surface area contributed by atoms with Crippen molar-refractivity contribution in [2.45, 2.75) is 25.3 Å². The van der Waals surface area contributed by atoms with Crippen LogP contribution < -0.4 is 5.32 Å². The minimum Gasteiger partial charge on any atom is -0.450 e. The summed E-state index contributed by atoms with van der Waals surface area (Å²) in [6, 6.07) is 11.0. The highest BCUT2D eigenvalue weighted by Crippen LogP contribution is 2.44. The molecule has 1 aromatic carbocycles. The second-order valence-corrected chi connectivity index (χ2v) is 8.88. The zero-order valence-electron chi connectivity index (χ0n) is 15.1. The van der Waals surface area contributed by atoms with E-state index in [2.05, 4.69) is 41.4 Å². The van der Waals surface area contributed by atoms with E-state index in [-0.39, 0.29) is 5.60 Å². The Morgan fingerprint density at radius 2 is 2.08 bits per heavy atom. The minimum absolute atomic E-state index is 0.0889. The van der Waals surface area contributed by atoms with Gasteiger partial charge in [0.15, 0.2) is 10.7 Å². The number of nitrogens with zero attached hydrogens (tertiary/aromatic N) is 3. The Bertz CT molecular complexity index is 831. The summed E-state index contributed by atoms with van der Waals surface area (Å²) in [4.78, 5) is 10.4. The largest absolute Gasteiger partial charge is 0.450 e. The fourth-order valence-electron chi connectivity index (χ4n) is 4.91. The molecular weight excluding hydrogens is 343 g/mol. The summed E-state index contributed by atoms with van der Waals surface area (Å²) in [6.45, 7) is 6.83. The molecule has 2 aromatic rings. The average Bonchev–Trinajstić information content (AvgIpc) is 3.31. The summed E-state index contributed by atoms with van der Waals surface area (Å²) in [5.74, 6) is 0.647. The number of aliphatic imine (C=N–C) groups is 1. The molecular formula is C19H24BN4OS+. The summed E-state index contributed by atoms with van der Waals surface area (Å²) < 4.78 is 7.66. The lowest BCUT2D eigenvalue weighted by atomic mass is 9.68. The van der Waals surface area contributed by atoms with Crippen molar-refractivity contribution in [2.24, 2.45) is 10.9 Å². The van der Waals surface area contributed by atoms with Crippen molar-refractivity contribution in [1.29, 1.82) is 0 Å². The number of benzene rings is 1. The molecule has 1 spiro atoms. The SMILES string of the molecule is CB[N+]12CCC(CC1)C1(CN=C(Nc3ncc(-c4ccccc4)s3)O1)C2. The maximum atomic E-state index is 6.46. The standard InChI is InChI=1S/C19H24BN4OS/c1-20-24-9-7-15(8-10-24)19(13-24)12-22-17(25-19)23-18-21-11-16(26-18)14-5-3-2-4-6-14/h2-6,11,15,20H,7-10,12-13H2,1H3,(H,21,22,23)/q+1. The number of nitrogens with one attached hydrogen (secondary N) is 1. The number of hydrogen-bond acceptors (Lipinski definition) is 5. The summed E-state index contributed by atoms with van der Waals surface area (Å²) in [6.07, 6.45) is 4.46. The monoisotopic (exact) mass is 367 g/mol. The van der Waals surface area contributed by atoms with Gasteiger partial charge in [-0.1, -0.05) is 41.7 Å². The zero-order chi connectivity index (χ0) is 17.6. The molecule has 7 heteroatoms. The van der Waals surface area contributed by atoms with E-state index in [9.17, 15) is 0 Å². The summed E-state index contributed by atoms with van der Waals surface area (Å²) in [5.41, 5.74) is 1.10. The van der Waals surface area contributed by atoms with Gasteiger partial charge in [0, 0.05) is 25.0 Å². The van der Waals surface area contributed by atoms with Crippen LogP contribution in [-0.2, 0) is 4.74 Å². The van der Waals surface area contributed by atoms with E-state index < -0.39 is 0 Å². The Kier molecular flexibility index (Phi) is 3.83. The van der Waals surface area contributed by atoms with Gasteiger partial charge in [0.1, 0.15) is 6.54 Å².